The minimum Gasteiger partial charge on any atom is -0.378 e. The third-order valence-electron chi connectivity index (χ3n) is 2.37. The number of β-amino-alcohol motifs (C(OH)–C–C–N with tert-alkyl or cyclic N) is 1. The maximum Gasteiger partial charge on any atom is 0.420 e. The van der Waals surface area contributed by atoms with Gasteiger partial charge in [0.15, 0.2) is 16.6 Å². The summed E-state index contributed by atoms with van der Waals surface area (Å²) in [6, 6.07) is 0. The summed E-state index contributed by atoms with van der Waals surface area (Å²) in [5.74, 6) is 0.151. The summed E-state index contributed by atoms with van der Waals surface area (Å²) in [6.07, 6.45) is -1.98. The number of alkyl halides is 3. The Morgan fingerprint density at radius 2 is 1.88 bits per heavy atom. The van der Waals surface area contributed by atoms with Crippen LogP contribution in [0.15, 0.2) is 12.4 Å². The molecule has 0 aromatic carbocycles. The van der Waals surface area contributed by atoms with Gasteiger partial charge in [0, 0.05) is 12.4 Å². The molecule has 0 atom stereocenters. The molecule has 16 heavy (non-hydrogen) atoms. The molecule has 1 saturated heterocycles. The number of hydrogen-bond acceptors (Lipinski definition) is 4. The summed E-state index contributed by atoms with van der Waals surface area (Å²) >= 11 is 5.66. The van der Waals surface area contributed by atoms with Crippen molar-refractivity contribution < 1.29 is 18.3 Å². The van der Waals surface area contributed by atoms with E-state index in [2.05, 4.69) is 9.97 Å². The summed E-state index contributed by atoms with van der Waals surface area (Å²) in [4.78, 5) is 8.72. The first kappa shape index (κ1) is 11.4. The molecule has 0 unspecified atom stereocenters. The van der Waals surface area contributed by atoms with Crippen LogP contribution in [0.5, 0.6) is 0 Å². The molecule has 8 heteroatoms. The van der Waals surface area contributed by atoms with Gasteiger partial charge < -0.3 is 10.0 Å². The van der Waals surface area contributed by atoms with Gasteiger partial charge in [0.2, 0.25) is 0 Å². The zero-order chi connectivity index (χ0) is 12.0. The second-order valence-corrected chi connectivity index (χ2v) is 3.91. The Morgan fingerprint density at radius 1 is 1.31 bits per heavy atom. The second kappa shape index (κ2) is 3.46. The highest BCUT2D eigenvalue weighted by Crippen LogP contribution is 2.40. The SMILES string of the molecule is OC1(C(F)(F)F)CN(c2nccnc2Cl)C1. The van der Waals surface area contributed by atoms with E-state index in [1.807, 2.05) is 0 Å². The second-order valence-electron chi connectivity index (χ2n) is 3.56. The minimum absolute atomic E-state index is 0.0201. The Hall–Kier alpha value is -1.08. The van der Waals surface area contributed by atoms with Gasteiger partial charge in [-0.15, -0.1) is 0 Å². The van der Waals surface area contributed by atoms with Crippen LogP contribution in [-0.4, -0.2) is 39.9 Å². The lowest BCUT2D eigenvalue weighted by atomic mass is 9.94. The van der Waals surface area contributed by atoms with Crippen molar-refractivity contribution in [2.75, 3.05) is 18.0 Å². The molecule has 2 heterocycles. The van der Waals surface area contributed by atoms with Gasteiger partial charge in [-0.25, -0.2) is 9.97 Å². The predicted molar refractivity (Wildman–Crippen MR) is 50.3 cm³/mol. The fourth-order valence-corrected chi connectivity index (χ4v) is 1.66. The third-order valence-corrected chi connectivity index (χ3v) is 2.63. The van der Waals surface area contributed by atoms with Crippen molar-refractivity contribution in [2.45, 2.75) is 11.8 Å². The molecule has 1 aliphatic rings. The topological polar surface area (TPSA) is 49.2 Å². The van der Waals surface area contributed by atoms with Crippen LogP contribution in [-0.2, 0) is 0 Å². The summed E-state index contributed by atoms with van der Waals surface area (Å²) < 4.78 is 37.0. The molecule has 0 amide bonds. The van der Waals surface area contributed by atoms with E-state index in [1.165, 1.54) is 17.3 Å². The van der Waals surface area contributed by atoms with Crippen molar-refractivity contribution in [3.63, 3.8) is 0 Å². The van der Waals surface area contributed by atoms with Crippen LogP contribution in [0.25, 0.3) is 0 Å². The van der Waals surface area contributed by atoms with Crippen LogP contribution >= 0.6 is 11.6 Å². The van der Waals surface area contributed by atoms with Crippen molar-refractivity contribution in [3.8, 4) is 0 Å². The average Bonchev–Trinajstić information content (AvgIpc) is 2.12. The molecule has 1 aliphatic heterocycles. The number of aliphatic hydroxyl groups is 1. The first-order chi connectivity index (χ1) is 7.33. The van der Waals surface area contributed by atoms with Crippen LogP contribution in [0.4, 0.5) is 19.0 Å². The van der Waals surface area contributed by atoms with Gasteiger partial charge in [-0.1, -0.05) is 11.6 Å². The van der Waals surface area contributed by atoms with Crippen molar-refractivity contribution >= 4 is 17.4 Å². The number of hydrogen-bond donors (Lipinski definition) is 1. The fraction of sp³-hybridized carbons (Fsp3) is 0.500. The van der Waals surface area contributed by atoms with E-state index < -0.39 is 24.9 Å². The third kappa shape index (κ3) is 1.69. The summed E-state index contributed by atoms with van der Waals surface area (Å²) in [5, 5.41) is 9.23. The van der Waals surface area contributed by atoms with Gasteiger partial charge in [0.05, 0.1) is 13.1 Å². The van der Waals surface area contributed by atoms with Crippen molar-refractivity contribution in [1.29, 1.82) is 0 Å². The van der Waals surface area contributed by atoms with Crippen LogP contribution in [0.2, 0.25) is 5.15 Å². The zero-order valence-corrected chi connectivity index (χ0v) is 8.63. The quantitative estimate of drug-likeness (QED) is 0.818. The smallest absolute Gasteiger partial charge is 0.378 e. The Morgan fingerprint density at radius 3 is 2.38 bits per heavy atom. The molecule has 0 bridgehead atoms. The monoisotopic (exact) mass is 253 g/mol. The van der Waals surface area contributed by atoms with E-state index in [9.17, 15) is 18.3 Å². The van der Waals surface area contributed by atoms with Crippen LogP contribution in [0, 0.1) is 0 Å². The van der Waals surface area contributed by atoms with E-state index >= 15 is 0 Å². The summed E-state index contributed by atoms with van der Waals surface area (Å²) in [5.41, 5.74) is -2.67. The molecule has 88 valence electrons. The number of anilines is 1. The Balaban J connectivity index is 2.12. The van der Waals surface area contributed by atoms with Crippen molar-refractivity contribution in [3.05, 3.63) is 17.5 Å². The van der Waals surface area contributed by atoms with Gasteiger partial charge >= 0.3 is 6.18 Å². The predicted octanol–water partition coefficient (Wildman–Crippen LogP) is 1.24. The molecule has 0 spiro atoms. The van der Waals surface area contributed by atoms with E-state index in [4.69, 9.17) is 11.6 Å². The van der Waals surface area contributed by atoms with Crippen molar-refractivity contribution in [1.82, 2.24) is 9.97 Å². The first-order valence-corrected chi connectivity index (χ1v) is 4.72. The molecule has 2 rings (SSSR count). The highest BCUT2D eigenvalue weighted by atomic mass is 35.5. The molecule has 0 saturated carbocycles. The molecule has 1 fully saturated rings. The zero-order valence-electron chi connectivity index (χ0n) is 7.87. The van der Waals surface area contributed by atoms with Crippen molar-refractivity contribution in [2.24, 2.45) is 0 Å². The molecular weight excluding hydrogens is 247 g/mol. The first-order valence-electron chi connectivity index (χ1n) is 4.34. The molecule has 1 N–H and O–H groups in total. The maximum absolute atomic E-state index is 12.3. The van der Waals surface area contributed by atoms with Gasteiger partial charge in [-0.05, 0) is 0 Å². The number of halogens is 4. The van der Waals surface area contributed by atoms with Crippen LogP contribution in [0.3, 0.4) is 0 Å². The van der Waals surface area contributed by atoms with E-state index in [0.717, 1.165) is 0 Å². The Bertz CT molecular complexity index is 406. The molecule has 1 aromatic rings. The summed E-state index contributed by atoms with van der Waals surface area (Å²) in [6.45, 7) is -1.15. The molecular formula is C8H7ClF3N3O. The fourth-order valence-electron chi connectivity index (χ4n) is 1.44. The normalized spacial score (nSPS) is 19.4. The Kier molecular flexibility index (Phi) is 2.47. The summed E-state index contributed by atoms with van der Waals surface area (Å²) in [7, 11) is 0. The van der Waals surface area contributed by atoms with Crippen LogP contribution < -0.4 is 4.90 Å². The number of aromatic nitrogens is 2. The van der Waals surface area contributed by atoms with Gasteiger partial charge in [0.25, 0.3) is 0 Å². The highest BCUT2D eigenvalue weighted by Gasteiger charge is 2.61. The minimum atomic E-state index is -4.64. The van der Waals surface area contributed by atoms with Gasteiger partial charge in [-0.3, -0.25) is 0 Å². The van der Waals surface area contributed by atoms with E-state index in [1.54, 1.807) is 0 Å². The maximum atomic E-state index is 12.3. The van der Waals surface area contributed by atoms with E-state index in [0.29, 0.717) is 0 Å². The van der Waals surface area contributed by atoms with E-state index in [-0.39, 0.29) is 11.0 Å². The largest absolute Gasteiger partial charge is 0.420 e. The molecule has 0 aliphatic carbocycles. The molecule has 4 nitrogen and oxygen atoms in total. The molecule has 0 radical (unpaired) electrons. The average molecular weight is 254 g/mol. The lowest BCUT2D eigenvalue weighted by molar-refractivity contribution is -0.267. The lowest BCUT2D eigenvalue weighted by Crippen LogP contribution is -2.69. The van der Waals surface area contributed by atoms with Gasteiger partial charge in [0.1, 0.15) is 0 Å². The highest BCUT2D eigenvalue weighted by molar-refractivity contribution is 6.31. The van der Waals surface area contributed by atoms with Gasteiger partial charge in [-0.2, -0.15) is 13.2 Å². The Labute approximate surface area is 93.7 Å². The molecule has 1 aromatic heterocycles. The number of rotatable bonds is 1. The number of nitrogens with zero attached hydrogens (tertiary/aromatic N) is 3. The van der Waals surface area contributed by atoms with Crippen LogP contribution in [0.1, 0.15) is 0 Å². The standard InChI is InChI=1S/C8H7ClF3N3O/c9-5-6(14-2-1-13-5)15-3-7(16,4-15)8(10,11)12/h1-2,16H,3-4H2. The lowest BCUT2D eigenvalue weighted by Gasteiger charge is -2.47.